The average molecular weight is 190 g/mol. The van der Waals surface area contributed by atoms with E-state index < -0.39 is 9.84 Å². The molecular formula is C8H14O3S. The van der Waals surface area contributed by atoms with Crippen molar-refractivity contribution in [3.63, 3.8) is 0 Å². The fraction of sp³-hybridized carbons (Fsp3) is 0.875. The number of aldehydes is 1. The SMILES string of the molecule is CCS(=O)(=O)[C@H]1CC[C@@H](C=O)C1. The molecule has 0 aromatic carbocycles. The minimum atomic E-state index is -2.90. The highest BCUT2D eigenvalue weighted by Crippen LogP contribution is 2.29. The van der Waals surface area contributed by atoms with Gasteiger partial charge in [-0.05, 0) is 19.3 Å². The quantitative estimate of drug-likeness (QED) is 0.618. The Labute approximate surface area is 73.1 Å². The second kappa shape index (κ2) is 3.56. The minimum absolute atomic E-state index is 0.0173. The van der Waals surface area contributed by atoms with Crippen LogP contribution < -0.4 is 0 Å². The summed E-state index contributed by atoms with van der Waals surface area (Å²) in [4.78, 5) is 10.4. The molecule has 0 N–H and O–H groups in total. The van der Waals surface area contributed by atoms with E-state index in [1.165, 1.54) is 0 Å². The molecule has 70 valence electrons. The molecule has 1 rings (SSSR count). The van der Waals surface area contributed by atoms with Crippen LogP contribution in [0.1, 0.15) is 26.2 Å². The molecule has 2 atom stereocenters. The number of hydrogen-bond donors (Lipinski definition) is 0. The lowest BCUT2D eigenvalue weighted by Crippen LogP contribution is -2.20. The maximum Gasteiger partial charge on any atom is 0.152 e. The molecule has 0 aliphatic heterocycles. The normalized spacial score (nSPS) is 30.4. The van der Waals surface area contributed by atoms with Crippen LogP contribution >= 0.6 is 0 Å². The third-order valence-corrected chi connectivity index (χ3v) is 4.78. The fourth-order valence-electron chi connectivity index (χ4n) is 1.66. The van der Waals surface area contributed by atoms with E-state index in [9.17, 15) is 13.2 Å². The molecule has 0 radical (unpaired) electrons. The minimum Gasteiger partial charge on any atom is -0.303 e. The molecule has 3 nitrogen and oxygen atoms in total. The zero-order valence-electron chi connectivity index (χ0n) is 7.19. The Bertz CT molecular complexity index is 255. The van der Waals surface area contributed by atoms with Gasteiger partial charge in [0, 0.05) is 11.7 Å². The van der Waals surface area contributed by atoms with Crippen LogP contribution in [0.5, 0.6) is 0 Å². The van der Waals surface area contributed by atoms with Gasteiger partial charge in [-0.25, -0.2) is 8.42 Å². The monoisotopic (exact) mass is 190 g/mol. The lowest BCUT2D eigenvalue weighted by atomic mass is 10.1. The van der Waals surface area contributed by atoms with E-state index in [1.54, 1.807) is 6.92 Å². The maximum atomic E-state index is 11.3. The van der Waals surface area contributed by atoms with E-state index >= 15 is 0 Å². The first-order chi connectivity index (χ1) is 5.60. The lowest BCUT2D eigenvalue weighted by Gasteiger charge is -2.07. The Morgan fingerprint density at radius 3 is 2.50 bits per heavy atom. The van der Waals surface area contributed by atoms with Gasteiger partial charge in [-0.3, -0.25) is 0 Å². The summed E-state index contributed by atoms with van der Waals surface area (Å²) in [7, 11) is -2.90. The van der Waals surface area contributed by atoms with Crippen LogP contribution in [-0.2, 0) is 14.6 Å². The van der Waals surface area contributed by atoms with Crippen LogP contribution in [0, 0.1) is 5.92 Å². The van der Waals surface area contributed by atoms with E-state index in [0.29, 0.717) is 12.8 Å². The molecule has 1 aliphatic carbocycles. The predicted octanol–water partition coefficient (Wildman–Crippen LogP) is 0.789. The van der Waals surface area contributed by atoms with Crippen LogP contribution in [0.15, 0.2) is 0 Å². The van der Waals surface area contributed by atoms with Gasteiger partial charge < -0.3 is 4.79 Å². The van der Waals surface area contributed by atoms with Gasteiger partial charge in [0.25, 0.3) is 0 Å². The number of carbonyl (C=O) groups excluding carboxylic acids is 1. The molecule has 0 spiro atoms. The molecule has 0 unspecified atom stereocenters. The average Bonchev–Trinajstić information content (AvgIpc) is 2.52. The number of hydrogen-bond acceptors (Lipinski definition) is 3. The maximum absolute atomic E-state index is 11.3. The summed E-state index contributed by atoms with van der Waals surface area (Å²) in [6.07, 6.45) is 2.83. The Morgan fingerprint density at radius 2 is 2.08 bits per heavy atom. The Balaban J connectivity index is 2.64. The van der Waals surface area contributed by atoms with Crippen molar-refractivity contribution in [3.8, 4) is 0 Å². The lowest BCUT2D eigenvalue weighted by molar-refractivity contribution is -0.110. The second-order valence-electron chi connectivity index (χ2n) is 3.28. The second-order valence-corrected chi connectivity index (χ2v) is 5.85. The summed E-state index contributed by atoms with van der Waals surface area (Å²) in [5, 5.41) is -0.252. The van der Waals surface area contributed by atoms with Crippen LogP contribution in [0.4, 0.5) is 0 Å². The summed E-state index contributed by atoms with van der Waals surface area (Å²) in [6, 6.07) is 0. The molecule has 1 aliphatic rings. The highest BCUT2D eigenvalue weighted by Gasteiger charge is 2.32. The van der Waals surface area contributed by atoms with Gasteiger partial charge >= 0.3 is 0 Å². The van der Waals surface area contributed by atoms with E-state index in [2.05, 4.69) is 0 Å². The molecule has 0 aromatic rings. The van der Waals surface area contributed by atoms with Gasteiger partial charge in [-0.2, -0.15) is 0 Å². The molecule has 0 saturated heterocycles. The van der Waals surface area contributed by atoms with Crippen molar-refractivity contribution in [1.82, 2.24) is 0 Å². The number of carbonyl (C=O) groups is 1. The van der Waals surface area contributed by atoms with Crippen molar-refractivity contribution in [2.45, 2.75) is 31.4 Å². The number of rotatable bonds is 3. The van der Waals surface area contributed by atoms with Crippen molar-refractivity contribution in [2.24, 2.45) is 5.92 Å². The van der Waals surface area contributed by atoms with Crippen LogP contribution in [0.2, 0.25) is 0 Å². The summed E-state index contributed by atoms with van der Waals surface area (Å²) in [5.74, 6) is 0.180. The molecule has 12 heavy (non-hydrogen) atoms. The van der Waals surface area contributed by atoms with Crippen LogP contribution in [0.25, 0.3) is 0 Å². The van der Waals surface area contributed by atoms with Crippen molar-refractivity contribution in [2.75, 3.05) is 5.75 Å². The van der Waals surface area contributed by atoms with E-state index in [0.717, 1.165) is 12.7 Å². The van der Waals surface area contributed by atoms with Crippen LogP contribution in [0.3, 0.4) is 0 Å². The molecule has 0 heterocycles. The van der Waals surface area contributed by atoms with Crippen molar-refractivity contribution >= 4 is 16.1 Å². The van der Waals surface area contributed by atoms with Crippen molar-refractivity contribution in [1.29, 1.82) is 0 Å². The third-order valence-electron chi connectivity index (χ3n) is 2.53. The predicted molar refractivity (Wildman–Crippen MR) is 46.7 cm³/mol. The summed E-state index contributed by atoms with van der Waals surface area (Å²) in [6.45, 7) is 1.66. The first-order valence-corrected chi connectivity index (χ1v) is 5.98. The molecule has 4 heteroatoms. The Hall–Kier alpha value is -0.380. The van der Waals surface area contributed by atoms with Gasteiger partial charge in [-0.1, -0.05) is 6.92 Å². The molecule has 0 aromatic heterocycles. The van der Waals surface area contributed by atoms with Gasteiger partial charge in [-0.15, -0.1) is 0 Å². The van der Waals surface area contributed by atoms with Gasteiger partial charge in [0.1, 0.15) is 6.29 Å². The summed E-state index contributed by atoms with van der Waals surface area (Å²) in [5.41, 5.74) is 0. The molecule has 0 bridgehead atoms. The molecule has 0 amide bonds. The summed E-state index contributed by atoms with van der Waals surface area (Å²) < 4.78 is 22.7. The highest BCUT2D eigenvalue weighted by molar-refractivity contribution is 7.92. The van der Waals surface area contributed by atoms with Gasteiger partial charge in [0.2, 0.25) is 0 Å². The van der Waals surface area contributed by atoms with Crippen LogP contribution in [-0.4, -0.2) is 25.7 Å². The zero-order chi connectivity index (χ0) is 9.19. The molecule has 1 fully saturated rings. The van der Waals surface area contributed by atoms with Crippen molar-refractivity contribution in [3.05, 3.63) is 0 Å². The Kier molecular flexibility index (Phi) is 2.88. The Morgan fingerprint density at radius 1 is 1.42 bits per heavy atom. The number of sulfone groups is 1. The fourth-order valence-corrected chi connectivity index (χ4v) is 3.17. The standard InChI is InChI=1S/C8H14O3S/c1-2-12(10,11)8-4-3-7(5-8)6-9/h6-8H,2-5H2,1H3/t7-,8+/m1/s1. The summed E-state index contributed by atoms with van der Waals surface area (Å²) >= 11 is 0. The van der Waals surface area contributed by atoms with Gasteiger partial charge in [0.15, 0.2) is 9.84 Å². The zero-order valence-corrected chi connectivity index (χ0v) is 8.01. The van der Waals surface area contributed by atoms with E-state index in [1.807, 2.05) is 0 Å². The smallest absolute Gasteiger partial charge is 0.152 e. The van der Waals surface area contributed by atoms with E-state index in [4.69, 9.17) is 0 Å². The van der Waals surface area contributed by atoms with E-state index in [-0.39, 0.29) is 16.9 Å². The first kappa shape index (κ1) is 9.71. The molecular weight excluding hydrogens is 176 g/mol. The van der Waals surface area contributed by atoms with Gasteiger partial charge in [0.05, 0.1) is 5.25 Å². The third kappa shape index (κ3) is 1.86. The largest absolute Gasteiger partial charge is 0.303 e. The topological polar surface area (TPSA) is 51.2 Å². The first-order valence-electron chi connectivity index (χ1n) is 4.27. The van der Waals surface area contributed by atoms with Crippen molar-refractivity contribution < 1.29 is 13.2 Å². The highest BCUT2D eigenvalue weighted by atomic mass is 32.2. The molecule has 1 saturated carbocycles.